The topological polar surface area (TPSA) is 40.5 Å². The molecule has 3 heteroatoms. The predicted octanol–water partition coefficient (Wildman–Crippen LogP) is 2.01. The van der Waals surface area contributed by atoms with Crippen LogP contribution in [0.4, 0.5) is 0 Å². The molecule has 1 aromatic rings. The molecule has 0 amide bonds. The molecule has 0 spiro atoms. The fraction of sp³-hybridized carbons (Fsp3) is 0.462. The third-order valence-corrected chi connectivity index (χ3v) is 3.37. The minimum Gasteiger partial charge on any atom is -0.507 e. The second kappa shape index (κ2) is 4.66. The van der Waals surface area contributed by atoms with E-state index in [4.69, 9.17) is 0 Å². The summed E-state index contributed by atoms with van der Waals surface area (Å²) >= 11 is 0. The number of piperidine rings is 1. The zero-order valence-corrected chi connectivity index (χ0v) is 9.52. The average Bonchev–Trinajstić information content (AvgIpc) is 2.30. The summed E-state index contributed by atoms with van der Waals surface area (Å²) in [6.45, 7) is 2.20. The molecule has 0 aliphatic carbocycles. The number of phenolic OH excluding ortho intramolecular Hbond substituents is 1. The van der Waals surface area contributed by atoms with Crippen LogP contribution in [-0.4, -0.2) is 36.4 Å². The van der Waals surface area contributed by atoms with Gasteiger partial charge in [0.15, 0.2) is 6.29 Å². The molecule has 0 bridgehead atoms. The van der Waals surface area contributed by atoms with Crippen LogP contribution in [0.2, 0.25) is 0 Å². The quantitative estimate of drug-likeness (QED) is 0.773. The molecule has 1 heterocycles. The van der Waals surface area contributed by atoms with Gasteiger partial charge in [-0.15, -0.1) is 0 Å². The normalized spacial score (nSPS) is 18.6. The zero-order valence-electron chi connectivity index (χ0n) is 9.52. The van der Waals surface area contributed by atoms with Crippen LogP contribution in [0.3, 0.4) is 0 Å². The number of phenols is 1. The highest BCUT2D eigenvalue weighted by molar-refractivity contribution is 5.79. The number of hydrogen-bond donors (Lipinski definition) is 1. The van der Waals surface area contributed by atoms with Crippen LogP contribution in [0.15, 0.2) is 18.2 Å². The van der Waals surface area contributed by atoms with E-state index in [9.17, 15) is 9.90 Å². The van der Waals surface area contributed by atoms with Crippen LogP contribution in [0, 0.1) is 0 Å². The SMILES string of the molecule is CN1CCC(c2ccc(C=O)c(O)c2)CC1. The van der Waals surface area contributed by atoms with Crippen molar-refractivity contribution in [3.8, 4) is 5.75 Å². The minimum atomic E-state index is 0.103. The summed E-state index contributed by atoms with van der Waals surface area (Å²) in [6, 6.07) is 5.40. The summed E-state index contributed by atoms with van der Waals surface area (Å²) in [6.07, 6.45) is 2.93. The lowest BCUT2D eigenvalue weighted by atomic mass is 9.89. The van der Waals surface area contributed by atoms with E-state index < -0.39 is 0 Å². The number of benzene rings is 1. The molecule has 86 valence electrons. The van der Waals surface area contributed by atoms with Gasteiger partial charge in [0.25, 0.3) is 0 Å². The van der Waals surface area contributed by atoms with Gasteiger partial charge in [-0.3, -0.25) is 4.79 Å². The van der Waals surface area contributed by atoms with Crippen molar-refractivity contribution < 1.29 is 9.90 Å². The van der Waals surface area contributed by atoms with Crippen molar-refractivity contribution in [1.29, 1.82) is 0 Å². The van der Waals surface area contributed by atoms with Crippen molar-refractivity contribution in [2.75, 3.05) is 20.1 Å². The monoisotopic (exact) mass is 219 g/mol. The Morgan fingerprint density at radius 3 is 2.62 bits per heavy atom. The molecule has 1 N–H and O–H groups in total. The van der Waals surface area contributed by atoms with Crippen LogP contribution in [0.25, 0.3) is 0 Å². The maximum Gasteiger partial charge on any atom is 0.153 e. The number of carbonyl (C=O) groups excluding carboxylic acids is 1. The first kappa shape index (κ1) is 11.1. The van der Waals surface area contributed by atoms with Gasteiger partial charge in [-0.25, -0.2) is 0 Å². The van der Waals surface area contributed by atoms with Gasteiger partial charge in [0.2, 0.25) is 0 Å². The van der Waals surface area contributed by atoms with Crippen LogP contribution in [0.5, 0.6) is 5.75 Å². The lowest BCUT2D eigenvalue weighted by molar-refractivity contribution is 0.112. The number of carbonyl (C=O) groups is 1. The van der Waals surface area contributed by atoms with Crippen molar-refractivity contribution in [3.63, 3.8) is 0 Å². The smallest absolute Gasteiger partial charge is 0.153 e. The molecule has 1 aromatic carbocycles. The summed E-state index contributed by atoms with van der Waals surface area (Å²) < 4.78 is 0. The summed E-state index contributed by atoms with van der Waals surface area (Å²) in [5.74, 6) is 0.620. The van der Waals surface area contributed by atoms with E-state index in [-0.39, 0.29) is 5.75 Å². The fourth-order valence-corrected chi connectivity index (χ4v) is 2.26. The molecule has 3 nitrogen and oxygen atoms in total. The minimum absolute atomic E-state index is 0.103. The van der Waals surface area contributed by atoms with Gasteiger partial charge in [-0.05, 0) is 56.6 Å². The molecular formula is C13H17NO2. The van der Waals surface area contributed by atoms with Gasteiger partial charge in [0.1, 0.15) is 5.75 Å². The molecule has 16 heavy (non-hydrogen) atoms. The van der Waals surface area contributed by atoms with E-state index in [0.717, 1.165) is 31.5 Å². The van der Waals surface area contributed by atoms with E-state index in [2.05, 4.69) is 11.9 Å². The number of rotatable bonds is 2. The molecule has 1 saturated heterocycles. The number of aldehydes is 1. The molecule has 0 radical (unpaired) electrons. The average molecular weight is 219 g/mol. The third-order valence-electron chi connectivity index (χ3n) is 3.37. The summed E-state index contributed by atoms with van der Waals surface area (Å²) in [5, 5.41) is 9.63. The van der Waals surface area contributed by atoms with Gasteiger partial charge in [0, 0.05) is 0 Å². The molecule has 0 saturated carbocycles. The van der Waals surface area contributed by atoms with Crippen LogP contribution in [-0.2, 0) is 0 Å². The highest BCUT2D eigenvalue weighted by Gasteiger charge is 2.18. The number of likely N-dealkylation sites (tertiary alicyclic amines) is 1. The third kappa shape index (κ3) is 2.25. The number of nitrogens with zero attached hydrogens (tertiary/aromatic N) is 1. The second-order valence-corrected chi connectivity index (χ2v) is 4.51. The highest BCUT2D eigenvalue weighted by atomic mass is 16.3. The molecular weight excluding hydrogens is 202 g/mol. The van der Waals surface area contributed by atoms with Gasteiger partial charge >= 0.3 is 0 Å². The second-order valence-electron chi connectivity index (χ2n) is 4.51. The van der Waals surface area contributed by atoms with Gasteiger partial charge in [-0.1, -0.05) is 6.07 Å². The van der Waals surface area contributed by atoms with Crippen molar-refractivity contribution in [3.05, 3.63) is 29.3 Å². The lowest BCUT2D eigenvalue weighted by Gasteiger charge is -2.29. The van der Waals surface area contributed by atoms with E-state index in [1.54, 1.807) is 12.1 Å². The number of hydrogen-bond acceptors (Lipinski definition) is 3. The van der Waals surface area contributed by atoms with Crippen molar-refractivity contribution in [2.45, 2.75) is 18.8 Å². The standard InChI is InChI=1S/C13H17NO2/c1-14-6-4-10(5-7-14)11-2-3-12(9-15)13(16)8-11/h2-3,8-10,16H,4-7H2,1H3. The first-order chi connectivity index (χ1) is 7.70. The Balaban J connectivity index is 2.15. The Bertz CT molecular complexity index is 382. The van der Waals surface area contributed by atoms with Gasteiger partial charge in [-0.2, -0.15) is 0 Å². The lowest BCUT2D eigenvalue weighted by Crippen LogP contribution is -2.29. The maximum absolute atomic E-state index is 10.6. The van der Waals surface area contributed by atoms with E-state index in [0.29, 0.717) is 17.8 Å². The van der Waals surface area contributed by atoms with Gasteiger partial charge < -0.3 is 10.0 Å². The molecule has 1 aliphatic heterocycles. The Hall–Kier alpha value is -1.35. The van der Waals surface area contributed by atoms with Crippen LogP contribution < -0.4 is 0 Å². The maximum atomic E-state index is 10.6. The molecule has 1 aliphatic rings. The van der Waals surface area contributed by atoms with E-state index in [1.165, 1.54) is 0 Å². The molecule has 2 rings (SSSR count). The molecule has 0 unspecified atom stereocenters. The Kier molecular flexibility index (Phi) is 3.25. The Morgan fingerprint density at radius 1 is 1.38 bits per heavy atom. The molecule has 0 atom stereocenters. The summed E-state index contributed by atoms with van der Waals surface area (Å²) in [5.41, 5.74) is 1.52. The first-order valence-corrected chi connectivity index (χ1v) is 5.67. The molecule has 1 fully saturated rings. The molecule has 0 aromatic heterocycles. The van der Waals surface area contributed by atoms with Crippen LogP contribution >= 0.6 is 0 Å². The van der Waals surface area contributed by atoms with Gasteiger partial charge in [0.05, 0.1) is 5.56 Å². The van der Waals surface area contributed by atoms with E-state index in [1.807, 2.05) is 6.07 Å². The number of aromatic hydroxyl groups is 1. The first-order valence-electron chi connectivity index (χ1n) is 5.67. The van der Waals surface area contributed by atoms with Crippen molar-refractivity contribution in [2.24, 2.45) is 0 Å². The van der Waals surface area contributed by atoms with Crippen LogP contribution in [0.1, 0.15) is 34.7 Å². The summed E-state index contributed by atoms with van der Waals surface area (Å²) in [4.78, 5) is 12.9. The van der Waals surface area contributed by atoms with Crippen molar-refractivity contribution >= 4 is 6.29 Å². The fourth-order valence-electron chi connectivity index (χ4n) is 2.26. The summed E-state index contributed by atoms with van der Waals surface area (Å²) in [7, 11) is 2.13. The highest BCUT2D eigenvalue weighted by Crippen LogP contribution is 2.30. The van der Waals surface area contributed by atoms with Crippen molar-refractivity contribution in [1.82, 2.24) is 4.90 Å². The Labute approximate surface area is 95.7 Å². The zero-order chi connectivity index (χ0) is 11.5. The predicted molar refractivity (Wildman–Crippen MR) is 63.0 cm³/mol. The largest absolute Gasteiger partial charge is 0.507 e. The Morgan fingerprint density at radius 2 is 2.06 bits per heavy atom. The van der Waals surface area contributed by atoms with E-state index >= 15 is 0 Å².